The number of hydrogen-bond donors (Lipinski definition) is 0. The molecule has 1 aromatic heterocycles. The summed E-state index contributed by atoms with van der Waals surface area (Å²) in [6, 6.07) is 54.3. The van der Waals surface area contributed by atoms with Gasteiger partial charge in [-0.15, -0.1) is 0 Å². The SMILES string of the molecule is CCc1ccc(/C=C/c2ccc(N(c3ccccc3)c3ccc4c(c3)c3ccccc3n4-c3ccccc3)cc2)cc1. The van der Waals surface area contributed by atoms with Crippen molar-refractivity contribution in [3.05, 3.63) is 168 Å². The van der Waals surface area contributed by atoms with Crippen LogP contribution in [0.5, 0.6) is 0 Å². The summed E-state index contributed by atoms with van der Waals surface area (Å²) in [5.74, 6) is 0. The van der Waals surface area contributed by atoms with Crippen molar-refractivity contribution in [1.82, 2.24) is 4.57 Å². The Labute approximate surface area is 247 Å². The maximum absolute atomic E-state index is 2.36. The zero-order valence-electron chi connectivity index (χ0n) is 23.7. The summed E-state index contributed by atoms with van der Waals surface area (Å²) < 4.78 is 2.36. The Morgan fingerprint density at radius 1 is 0.500 bits per heavy atom. The molecule has 1 heterocycles. The van der Waals surface area contributed by atoms with Crippen LogP contribution in [0.1, 0.15) is 23.6 Å². The van der Waals surface area contributed by atoms with Gasteiger partial charge in [0, 0.05) is 33.5 Å². The first-order valence-corrected chi connectivity index (χ1v) is 14.6. The van der Waals surface area contributed by atoms with E-state index in [0.29, 0.717) is 0 Å². The fraction of sp³-hybridized carbons (Fsp3) is 0.0500. The van der Waals surface area contributed by atoms with Crippen molar-refractivity contribution in [1.29, 1.82) is 0 Å². The molecule has 0 fully saturated rings. The molecule has 7 aromatic rings. The van der Waals surface area contributed by atoms with Gasteiger partial charge >= 0.3 is 0 Å². The Hall–Kier alpha value is -5.34. The Morgan fingerprint density at radius 3 is 1.74 bits per heavy atom. The topological polar surface area (TPSA) is 8.17 Å². The van der Waals surface area contributed by atoms with Crippen molar-refractivity contribution < 1.29 is 0 Å². The molecule has 0 aliphatic rings. The fourth-order valence-corrected chi connectivity index (χ4v) is 5.77. The van der Waals surface area contributed by atoms with Crippen molar-refractivity contribution in [3.8, 4) is 5.69 Å². The molecule has 202 valence electrons. The number of anilines is 3. The maximum Gasteiger partial charge on any atom is 0.0542 e. The summed E-state index contributed by atoms with van der Waals surface area (Å²) >= 11 is 0. The molecule has 2 nitrogen and oxygen atoms in total. The average molecular weight is 541 g/mol. The van der Waals surface area contributed by atoms with Gasteiger partial charge < -0.3 is 9.47 Å². The van der Waals surface area contributed by atoms with Crippen LogP contribution in [0.2, 0.25) is 0 Å². The lowest BCUT2D eigenvalue weighted by Gasteiger charge is -2.25. The molecule has 0 radical (unpaired) electrons. The van der Waals surface area contributed by atoms with E-state index in [1.165, 1.54) is 44.2 Å². The molecule has 0 aliphatic heterocycles. The van der Waals surface area contributed by atoms with Crippen LogP contribution in [-0.2, 0) is 6.42 Å². The monoisotopic (exact) mass is 540 g/mol. The van der Waals surface area contributed by atoms with Crippen LogP contribution in [0.3, 0.4) is 0 Å². The molecular formula is C40H32N2. The smallest absolute Gasteiger partial charge is 0.0542 e. The van der Waals surface area contributed by atoms with E-state index >= 15 is 0 Å². The highest BCUT2D eigenvalue weighted by Gasteiger charge is 2.17. The van der Waals surface area contributed by atoms with E-state index in [0.717, 1.165) is 23.5 Å². The number of nitrogens with zero attached hydrogens (tertiary/aromatic N) is 2. The van der Waals surface area contributed by atoms with E-state index in [2.05, 4.69) is 180 Å². The molecule has 6 aromatic carbocycles. The Kier molecular flexibility index (Phi) is 6.87. The van der Waals surface area contributed by atoms with Gasteiger partial charge in [-0.3, -0.25) is 0 Å². The van der Waals surface area contributed by atoms with Gasteiger partial charge in [0.05, 0.1) is 11.0 Å². The second-order valence-electron chi connectivity index (χ2n) is 10.6. The molecule has 0 spiro atoms. The Bertz CT molecular complexity index is 1980. The maximum atomic E-state index is 2.36. The number of benzene rings is 6. The predicted molar refractivity (Wildman–Crippen MR) is 180 cm³/mol. The summed E-state index contributed by atoms with van der Waals surface area (Å²) in [5, 5.41) is 2.49. The lowest BCUT2D eigenvalue weighted by molar-refractivity contribution is 1.14. The minimum absolute atomic E-state index is 1.06. The number of para-hydroxylation sites is 3. The van der Waals surface area contributed by atoms with E-state index in [4.69, 9.17) is 0 Å². The number of aryl methyl sites for hydroxylation is 1. The second kappa shape index (κ2) is 11.3. The molecule has 2 heteroatoms. The highest BCUT2D eigenvalue weighted by Crippen LogP contribution is 2.39. The number of fused-ring (bicyclic) bond motifs is 3. The molecule has 0 N–H and O–H groups in total. The first-order valence-electron chi connectivity index (χ1n) is 14.6. The first-order chi connectivity index (χ1) is 20.8. The molecule has 0 bridgehead atoms. The first kappa shape index (κ1) is 25.6. The van der Waals surface area contributed by atoms with Gasteiger partial charge in [-0.2, -0.15) is 0 Å². The number of rotatable bonds is 7. The quantitative estimate of drug-likeness (QED) is 0.183. The van der Waals surface area contributed by atoms with Crippen LogP contribution in [0.15, 0.2) is 152 Å². The molecule has 7 rings (SSSR count). The van der Waals surface area contributed by atoms with Gasteiger partial charge in [0.2, 0.25) is 0 Å². The molecule has 0 saturated carbocycles. The van der Waals surface area contributed by atoms with E-state index in [1.54, 1.807) is 0 Å². The van der Waals surface area contributed by atoms with Crippen molar-refractivity contribution in [3.63, 3.8) is 0 Å². The molecule has 0 saturated heterocycles. The van der Waals surface area contributed by atoms with Gasteiger partial charge in [0.1, 0.15) is 0 Å². The molecule has 42 heavy (non-hydrogen) atoms. The zero-order valence-corrected chi connectivity index (χ0v) is 23.7. The third-order valence-electron chi connectivity index (χ3n) is 7.95. The molecule has 0 amide bonds. The fourth-order valence-electron chi connectivity index (χ4n) is 5.77. The molecule has 0 atom stereocenters. The Balaban J connectivity index is 1.30. The van der Waals surface area contributed by atoms with Crippen molar-refractivity contribution >= 4 is 51.0 Å². The van der Waals surface area contributed by atoms with Gasteiger partial charge in [-0.1, -0.05) is 110 Å². The molecule has 0 unspecified atom stereocenters. The molecular weight excluding hydrogens is 508 g/mol. The van der Waals surface area contributed by atoms with Gasteiger partial charge in [0.25, 0.3) is 0 Å². The number of hydrogen-bond acceptors (Lipinski definition) is 1. The van der Waals surface area contributed by atoms with Crippen LogP contribution in [0, 0.1) is 0 Å². The minimum Gasteiger partial charge on any atom is -0.310 e. The number of aromatic nitrogens is 1. The largest absolute Gasteiger partial charge is 0.310 e. The van der Waals surface area contributed by atoms with E-state index in [9.17, 15) is 0 Å². The summed E-state index contributed by atoms with van der Waals surface area (Å²) in [7, 11) is 0. The summed E-state index contributed by atoms with van der Waals surface area (Å²) in [5.41, 5.74) is 10.7. The highest BCUT2D eigenvalue weighted by molar-refractivity contribution is 6.10. The second-order valence-corrected chi connectivity index (χ2v) is 10.6. The van der Waals surface area contributed by atoms with Gasteiger partial charge in [-0.05, 0) is 83.8 Å². The van der Waals surface area contributed by atoms with Gasteiger partial charge in [0.15, 0.2) is 0 Å². The van der Waals surface area contributed by atoms with Crippen molar-refractivity contribution in [2.75, 3.05) is 4.90 Å². The lowest BCUT2D eigenvalue weighted by Crippen LogP contribution is -2.09. The Morgan fingerprint density at radius 2 is 1.05 bits per heavy atom. The van der Waals surface area contributed by atoms with E-state index < -0.39 is 0 Å². The van der Waals surface area contributed by atoms with Crippen LogP contribution >= 0.6 is 0 Å². The van der Waals surface area contributed by atoms with Crippen molar-refractivity contribution in [2.45, 2.75) is 13.3 Å². The average Bonchev–Trinajstić information content (AvgIpc) is 3.39. The van der Waals surface area contributed by atoms with Gasteiger partial charge in [-0.25, -0.2) is 0 Å². The summed E-state index contributed by atoms with van der Waals surface area (Å²) in [6.45, 7) is 2.19. The normalized spacial score (nSPS) is 11.5. The highest BCUT2D eigenvalue weighted by atomic mass is 15.1. The predicted octanol–water partition coefficient (Wildman–Crippen LogP) is 11.0. The zero-order chi connectivity index (χ0) is 28.3. The molecule has 0 aliphatic carbocycles. The third-order valence-corrected chi connectivity index (χ3v) is 7.95. The third kappa shape index (κ3) is 4.88. The van der Waals surface area contributed by atoms with E-state index in [-0.39, 0.29) is 0 Å². The van der Waals surface area contributed by atoms with Crippen LogP contribution in [0.25, 0.3) is 39.6 Å². The minimum atomic E-state index is 1.06. The van der Waals surface area contributed by atoms with Crippen LogP contribution < -0.4 is 4.90 Å². The summed E-state index contributed by atoms with van der Waals surface area (Å²) in [6.07, 6.45) is 5.42. The van der Waals surface area contributed by atoms with Crippen LogP contribution in [-0.4, -0.2) is 4.57 Å². The lowest BCUT2D eigenvalue weighted by atomic mass is 10.1. The van der Waals surface area contributed by atoms with Crippen LogP contribution in [0.4, 0.5) is 17.1 Å². The van der Waals surface area contributed by atoms with E-state index in [1.807, 2.05) is 0 Å². The summed E-state index contributed by atoms with van der Waals surface area (Å²) in [4.78, 5) is 2.34. The van der Waals surface area contributed by atoms with Crippen molar-refractivity contribution in [2.24, 2.45) is 0 Å². The standard InChI is InChI=1S/C40H32N2/c1-2-30-17-19-31(20-18-30)21-22-32-23-25-35(26-24-32)41(33-11-5-3-6-12-33)36-27-28-40-38(29-36)37-15-9-10-16-39(37)42(40)34-13-7-4-8-14-34/h3-29H,2H2,1H3/b22-21+.